The van der Waals surface area contributed by atoms with Gasteiger partial charge in [-0.25, -0.2) is 4.79 Å². The minimum absolute atomic E-state index is 0.0723. The Hall–Kier alpha value is -2.13. The standard InChI is InChI=1S/C19H23ClN2O6/c1-12-16(20)17(28-19(12,10-23)11-24)21-8-7-15(25)22(18(21)26)9-13-3-5-14(27-2)6-4-13/h3-8,12,16-17,23-24H,9-11H2,1-2H3/t12-,16+,17+/m0/s1. The highest BCUT2D eigenvalue weighted by atomic mass is 35.5. The summed E-state index contributed by atoms with van der Waals surface area (Å²) in [4.78, 5) is 25.3. The summed E-state index contributed by atoms with van der Waals surface area (Å²) in [6, 6.07) is 8.29. The van der Waals surface area contributed by atoms with E-state index < -0.39 is 47.6 Å². The van der Waals surface area contributed by atoms with Gasteiger partial charge < -0.3 is 19.7 Å². The highest BCUT2D eigenvalue weighted by molar-refractivity contribution is 6.21. The van der Waals surface area contributed by atoms with Crippen LogP contribution in [0.1, 0.15) is 18.7 Å². The van der Waals surface area contributed by atoms with Crippen LogP contribution in [0, 0.1) is 5.92 Å². The maximum atomic E-state index is 13.0. The molecule has 0 bridgehead atoms. The number of ether oxygens (including phenoxy) is 2. The van der Waals surface area contributed by atoms with Crippen molar-refractivity contribution in [3.05, 3.63) is 62.9 Å². The van der Waals surface area contributed by atoms with Crippen LogP contribution in [0.25, 0.3) is 0 Å². The Kier molecular flexibility index (Phi) is 5.95. The number of rotatable bonds is 6. The van der Waals surface area contributed by atoms with Gasteiger partial charge in [-0.15, -0.1) is 11.6 Å². The van der Waals surface area contributed by atoms with Gasteiger partial charge in [-0.2, -0.15) is 0 Å². The van der Waals surface area contributed by atoms with Crippen molar-refractivity contribution in [3.63, 3.8) is 0 Å². The predicted octanol–water partition coefficient (Wildman–Crippen LogP) is 0.563. The summed E-state index contributed by atoms with van der Waals surface area (Å²) in [5.41, 5.74) is -1.54. The Morgan fingerprint density at radius 2 is 1.82 bits per heavy atom. The molecular weight excluding hydrogens is 388 g/mol. The van der Waals surface area contributed by atoms with E-state index in [0.717, 1.165) is 10.1 Å². The van der Waals surface area contributed by atoms with Gasteiger partial charge >= 0.3 is 5.69 Å². The fourth-order valence-electron chi connectivity index (χ4n) is 3.36. The fraction of sp³-hybridized carbons (Fsp3) is 0.474. The van der Waals surface area contributed by atoms with Crippen LogP contribution in [0.5, 0.6) is 5.75 Å². The lowest BCUT2D eigenvalue weighted by molar-refractivity contribution is -0.134. The molecule has 1 aromatic heterocycles. The smallest absolute Gasteiger partial charge is 0.333 e. The van der Waals surface area contributed by atoms with Crippen molar-refractivity contribution in [1.82, 2.24) is 9.13 Å². The first-order valence-electron chi connectivity index (χ1n) is 8.85. The molecule has 0 radical (unpaired) electrons. The van der Waals surface area contributed by atoms with Crippen LogP contribution in [-0.2, 0) is 11.3 Å². The van der Waals surface area contributed by atoms with Gasteiger partial charge in [0.2, 0.25) is 0 Å². The molecule has 8 nitrogen and oxygen atoms in total. The number of aliphatic hydroxyl groups is 2. The van der Waals surface area contributed by atoms with Gasteiger partial charge in [-0.05, 0) is 17.7 Å². The van der Waals surface area contributed by atoms with Crippen LogP contribution in [0.15, 0.2) is 46.1 Å². The summed E-state index contributed by atoms with van der Waals surface area (Å²) in [5.74, 6) is 0.257. The first-order chi connectivity index (χ1) is 13.4. The van der Waals surface area contributed by atoms with Gasteiger partial charge in [0.15, 0.2) is 6.23 Å². The van der Waals surface area contributed by atoms with E-state index >= 15 is 0 Å². The molecule has 9 heteroatoms. The van der Waals surface area contributed by atoms with Crippen molar-refractivity contribution >= 4 is 11.6 Å². The SMILES string of the molecule is COc1ccc(Cn2c(=O)ccn([C@@H]3OC(CO)(CO)[C@@H](C)[C@H]3Cl)c2=O)cc1. The number of hydrogen-bond donors (Lipinski definition) is 2. The number of hydrogen-bond acceptors (Lipinski definition) is 6. The molecule has 152 valence electrons. The van der Waals surface area contributed by atoms with Crippen LogP contribution in [0.2, 0.25) is 0 Å². The Balaban J connectivity index is 1.97. The molecule has 0 aliphatic carbocycles. The van der Waals surface area contributed by atoms with Crippen molar-refractivity contribution in [2.24, 2.45) is 5.92 Å². The van der Waals surface area contributed by atoms with Crippen molar-refractivity contribution in [1.29, 1.82) is 0 Å². The molecule has 0 saturated carbocycles. The van der Waals surface area contributed by atoms with Crippen LogP contribution in [-0.4, -0.2) is 50.6 Å². The summed E-state index contributed by atoms with van der Waals surface area (Å²) in [7, 11) is 1.55. The predicted molar refractivity (Wildman–Crippen MR) is 103 cm³/mol. The average molecular weight is 411 g/mol. The lowest BCUT2D eigenvalue weighted by Gasteiger charge is -2.28. The Labute approximate surface area is 166 Å². The second-order valence-electron chi connectivity index (χ2n) is 6.90. The van der Waals surface area contributed by atoms with E-state index in [9.17, 15) is 19.8 Å². The highest BCUT2D eigenvalue weighted by Gasteiger charge is 2.52. The molecule has 1 aliphatic rings. The van der Waals surface area contributed by atoms with Gasteiger partial charge in [0, 0.05) is 18.2 Å². The van der Waals surface area contributed by atoms with E-state index in [2.05, 4.69) is 0 Å². The number of benzene rings is 1. The summed E-state index contributed by atoms with van der Waals surface area (Å²) < 4.78 is 13.2. The van der Waals surface area contributed by atoms with Gasteiger partial charge in [0.05, 0.1) is 32.2 Å². The van der Waals surface area contributed by atoms with Gasteiger partial charge in [0.1, 0.15) is 11.4 Å². The first kappa shape index (κ1) is 20.6. The molecule has 1 aliphatic heterocycles. The van der Waals surface area contributed by atoms with E-state index in [4.69, 9.17) is 21.1 Å². The molecule has 3 atom stereocenters. The molecule has 0 amide bonds. The van der Waals surface area contributed by atoms with E-state index in [1.165, 1.54) is 16.8 Å². The minimum Gasteiger partial charge on any atom is -0.497 e. The third kappa shape index (κ3) is 3.48. The van der Waals surface area contributed by atoms with Crippen LogP contribution >= 0.6 is 11.6 Å². The fourth-order valence-corrected chi connectivity index (χ4v) is 3.76. The summed E-state index contributed by atoms with van der Waals surface area (Å²) in [6.45, 7) is 0.931. The zero-order valence-electron chi connectivity index (χ0n) is 15.6. The maximum Gasteiger partial charge on any atom is 0.333 e. The van der Waals surface area contributed by atoms with Gasteiger partial charge in [0.25, 0.3) is 5.56 Å². The normalized spacial score (nSPS) is 23.7. The largest absolute Gasteiger partial charge is 0.497 e. The van der Waals surface area contributed by atoms with Gasteiger partial charge in [-0.3, -0.25) is 13.9 Å². The molecule has 28 heavy (non-hydrogen) atoms. The number of methoxy groups -OCH3 is 1. The lowest BCUT2D eigenvalue weighted by Crippen LogP contribution is -2.44. The number of nitrogens with zero attached hydrogens (tertiary/aromatic N) is 2. The average Bonchev–Trinajstić information content (AvgIpc) is 2.97. The maximum absolute atomic E-state index is 13.0. The van der Waals surface area contributed by atoms with Gasteiger partial charge in [-0.1, -0.05) is 19.1 Å². The molecule has 2 heterocycles. The van der Waals surface area contributed by atoms with E-state index in [1.807, 2.05) is 0 Å². The number of aromatic nitrogens is 2. The van der Waals surface area contributed by atoms with Crippen molar-refractivity contribution in [3.8, 4) is 5.75 Å². The molecular formula is C19H23ClN2O6. The minimum atomic E-state index is -1.26. The zero-order valence-corrected chi connectivity index (χ0v) is 16.4. The lowest BCUT2D eigenvalue weighted by atomic mass is 9.90. The molecule has 1 aromatic carbocycles. The molecule has 1 saturated heterocycles. The second kappa shape index (κ2) is 8.08. The quantitative estimate of drug-likeness (QED) is 0.675. The molecule has 2 aromatic rings. The number of alkyl halides is 1. The van der Waals surface area contributed by atoms with Crippen molar-refractivity contribution in [2.75, 3.05) is 20.3 Å². The summed E-state index contributed by atoms with van der Waals surface area (Å²) in [5, 5.41) is 18.7. The third-order valence-electron chi connectivity index (χ3n) is 5.34. The molecule has 2 N–H and O–H groups in total. The summed E-state index contributed by atoms with van der Waals surface area (Å²) >= 11 is 6.45. The Morgan fingerprint density at radius 1 is 1.18 bits per heavy atom. The summed E-state index contributed by atoms with van der Waals surface area (Å²) in [6.07, 6.45) is 0.401. The number of halogens is 1. The zero-order chi connectivity index (χ0) is 20.5. The second-order valence-corrected chi connectivity index (χ2v) is 7.40. The van der Waals surface area contributed by atoms with E-state index in [0.29, 0.717) is 5.75 Å². The first-order valence-corrected chi connectivity index (χ1v) is 9.29. The van der Waals surface area contributed by atoms with Crippen LogP contribution < -0.4 is 16.0 Å². The highest BCUT2D eigenvalue weighted by Crippen LogP contribution is 2.43. The van der Waals surface area contributed by atoms with Crippen LogP contribution in [0.4, 0.5) is 0 Å². The monoisotopic (exact) mass is 410 g/mol. The number of aliphatic hydroxyl groups excluding tert-OH is 2. The third-order valence-corrected chi connectivity index (χ3v) is 5.93. The molecule has 3 rings (SSSR count). The van der Waals surface area contributed by atoms with Crippen molar-refractivity contribution < 1.29 is 19.7 Å². The van der Waals surface area contributed by atoms with E-state index in [-0.39, 0.29) is 6.54 Å². The molecule has 0 unspecified atom stereocenters. The molecule has 1 fully saturated rings. The Morgan fingerprint density at radius 3 is 2.36 bits per heavy atom. The van der Waals surface area contributed by atoms with Crippen LogP contribution in [0.3, 0.4) is 0 Å². The topological polar surface area (TPSA) is 103 Å². The van der Waals surface area contributed by atoms with E-state index in [1.54, 1.807) is 38.3 Å². The molecule has 0 spiro atoms. The Bertz CT molecular complexity index is 935. The van der Waals surface area contributed by atoms with Crippen molar-refractivity contribution in [2.45, 2.75) is 30.7 Å².